The van der Waals surface area contributed by atoms with Gasteiger partial charge in [-0.1, -0.05) is 35.3 Å². The molecule has 1 amide bonds. The van der Waals surface area contributed by atoms with Gasteiger partial charge in [0.25, 0.3) is 15.9 Å². The molecular weight excluding hydrogens is 557 g/mol. The van der Waals surface area contributed by atoms with Gasteiger partial charge < -0.3 is 10.1 Å². The minimum absolute atomic E-state index is 0.0000869. The average Bonchev–Trinajstić information content (AvgIpc) is 2.86. The molecule has 0 radical (unpaired) electrons. The number of halogens is 4. The maximum absolute atomic E-state index is 13.4. The quantitative estimate of drug-likeness (QED) is 0.228. The lowest BCUT2D eigenvalue weighted by molar-refractivity contribution is 0.0955. The monoisotopic (exact) mass is 576 g/mol. The summed E-state index contributed by atoms with van der Waals surface area (Å²) in [7, 11) is -4.09. The van der Waals surface area contributed by atoms with Crippen LogP contribution in [0.2, 0.25) is 10.0 Å². The summed E-state index contributed by atoms with van der Waals surface area (Å²) in [6, 6.07) is 19.7. The van der Waals surface area contributed by atoms with E-state index in [9.17, 15) is 22.0 Å². The molecule has 6 nitrogen and oxygen atoms in total. The highest BCUT2D eigenvalue weighted by Crippen LogP contribution is 2.30. The second kappa shape index (κ2) is 11.8. The zero-order chi connectivity index (χ0) is 27.3. The molecule has 0 spiro atoms. The molecule has 0 heterocycles. The van der Waals surface area contributed by atoms with Crippen LogP contribution < -0.4 is 14.8 Å². The van der Waals surface area contributed by atoms with Gasteiger partial charge in [-0.3, -0.25) is 9.52 Å². The Morgan fingerprint density at radius 1 is 0.868 bits per heavy atom. The smallest absolute Gasteiger partial charge is 0.261 e. The minimum atomic E-state index is -4.09. The molecule has 0 unspecified atom stereocenters. The lowest BCUT2D eigenvalue weighted by Crippen LogP contribution is -2.27. The van der Waals surface area contributed by atoms with Crippen molar-refractivity contribution in [3.8, 4) is 11.5 Å². The van der Waals surface area contributed by atoms with Crippen LogP contribution >= 0.6 is 23.2 Å². The molecule has 0 aliphatic rings. The van der Waals surface area contributed by atoms with Crippen molar-refractivity contribution < 1.29 is 26.7 Å². The van der Waals surface area contributed by atoms with Gasteiger partial charge in [0.1, 0.15) is 23.1 Å². The first-order valence-electron chi connectivity index (χ1n) is 11.2. The molecule has 0 aromatic heterocycles. The Bertz CT molecular complexity index is 1560. The number of sulfonamides is 1. The van der Waals surface area contributed by atoms with Crippen molar-refractivity contribution in [3.63, 3.8) is 0 Å². The van der Waals surface area contributed by atoms with E-state index in [-0.39, 0.29) is 34.1 Å². The molecule has 38 heavy (non-hydrogen) atoms. The van der Waals surface area contributed by atoms with Gasteiger partial charge in [0.15, 0.2) is 0 Å². The Morgan fingerprint density at radius 3 is 2.24 bits per heavy atom. The molecule has 0 aliphatic carbocycles. The van der Waals surface area contributed by atoms with E-state index in [2.05, 4.69) is 10.0 Å². The minimum Gasteiger partial charge on any atom is -0.456 e. The number of nitrogens with one attached hydrogen (secondary N) is 2. The third-order valence-electron chi connectivity index (χ3n) is 5.29. The number of ether oxygens (including phenoxy) is 1. The second-order valence-electron chi connectivity index (χ2n) is 8.08. The summed E-state index contributed by atoms with van der Waals surface area (Å²) in [5.74, 6) is -1.27. The zero-order valence-corrected chi connectivity index (χ0v) is 21.9. The van der Waals surface area contributed by atoms with Gasteiger partial charge in [0, 0.05) is 17.6 Å². The molecule has 196 valence electrons. The summed E-state index contributed by atoms with van der Waals surface area (Å²) in [5, 5.41) is 3.23. The predicted octanol–water partition coefficient (Wildman–Crippen LogP) is 6.84. The van der Waals surface area contributed by atoms with E-state index < -0.39 is 27.6 Å². The average molecular weight is 577 g/mol. The molecule has 0 saturated heterocycles. The van der Waals surface area contributed by atoms with E-state index in [1.165, 1.54) is 54.6 Å². The highest BCUT2D eigenvalue weighted by Gasteiger charge is 2.20. The van der Waals surface area contributed by atoms with Crippen LogP contribution in [0.4, 0.5) is 14.5 Å². The second-order valence-corrected chi connectivity index (χ2v) is 10.6. The fourth-order valence-corrected chi connectivity index (χ4v) is 4.94. The lowest BCUT2D eigenvalue weighted by Gasteiger charge is -2.14. The molecule has 0 aliphatic heterocycles. The number of benzene rings is 4. The number of amides is 1. The molecule has 0 bridgehead atoms. The van der Waals surface area contributed by atoms with Gasteiger partial charge in [-0.05, 0) is 78.7 Å². The standard InChI is InChI=1S/C27H20Cl2F2N2O4S/c28-18-5-10-25(23(15-18)27(34)32-12-11-17-13-19(30)16-20(31)14-17)33-38(35,36)22-8-6-21(7-9-22)37-26-4-2-1-3-24(26)29/h1-10,13-16,33H,11-12H2,(H,32,34). The van der Waals surface area contributed by atoms with Gasteiger partial charge in [-0.2, -0.15) is 0 Å². The van der Waals surface area contributed by atoms with Crippen molar-refractivity contribution in [2.75, 3.05) is 11.3 Å². The van der Waals surface area contributed by atoms with E-state index in [0.717, 1.165) is 6.07 Å². The molecule has 0 fully saturated rings. The van der Waals surface area contributed by atoms with Crippen molar-refractivity contribution in [1.82, 2.24) is 5.32 Å². The van der Waals surface area contributed by atoms with Crippen LogP contribution in [0.5, 0.6) is 11.5 Å². The third-order valence-corrected chi connectivity index (χ3v) is 7.22. The summed E-state index contributed by atoms with van der Waals surface area (Å²) in [6.07, 6.45) is 0.157. The topological polar surface area (TPSA) is 84.5 Å². The molecule has 4 aromatic rings. The van der Waals surface area contributed by atoms with Crippen molar-refractivity contribution in [2.45, 2.75) is 11.3 Å². The summed E-state index contributed by atoms with van der Waals surface area (Å²) in [5.41, 5.74) is 0.335. The number of hydrogen-bond donors (Lipinski definition) is 2. The predicted molar refractivity (Wildman–Crippen MR) is 143 cm³/mol. The third kappa shape index (κ3) is 7.00. The van der Waals surface area contributed by atoms with Crippen molar-refractivity contribution in [2.24, 2.45) is 0 Å². The van der Waals surface area contributed by atoms with E-state index in [1.807, 2.05) is 0 Å². The van der Waals surface area contributed by atoms with E-state index in [1.54, 1.807) is 24.3 Å². The zero-order valence-electron chi connectivity index (χ0n) is 19.6. The highest BCUT2D eigenvalue weighted by atomic mass is 35.5. The molecule has 0 saturated carbocycles. The number of rotatable bonds is 9. The Morgan fingerprint density at radius 2 is 1.55 bits per heavy atom. The van der Waals surface area contributed by atoms with Crippen molar-refractivity contribution in [1.29, 1.82) is 0 Å². The summed E-state index contributed by atoms with van der Waals surface area (Å²) >= 11 is 12.1. The maximum atomic E-state index is 13.4. The number of anilines is 1. The van der Waals surface area contributed by atoms with E-state index in [0.29, 0.717) is 22.1 Å². The fraction of sp³-hybridized carbons (Fsp3) is 0.0741. The Labute approximate surface area is 228 Å². The SMILES string of the molecule is O=C(NCCc1cc(F)cc(F)c1)c1cc(Cl)ccc1NS(=O)(=O)c1ccc(Oc2ccccc2Cl)cc1. The summed E-state index contributed by atoms with van der Waals surface area (Å²) < 4.78 is 60.9. The van der Waals surface area contributed by atoms with Crippen molar-refractivity contribution >= 4 is 44.8 Å². The van der Waals surface area contributed by atoms with Gasteiger partial charge in [-0.25, -0.2) is 17.2 Å². The van der Waals surface area contributed by atoms with Crippen LogP contribution in [0.15, 0.2) is 89.8 Å². The maximum Gasteiger partial charge on any atom is 0.261 e. The van der Waals surface area contributed by atoms with Crippen LogP contribution in [-0.4, -0.2) is 20.9 Å². The highest BCUT2D eigenvalue weighted by molar-refractivity contribution is 7.92. The van der Waals surface area contributed by atoms with Gasteiger partial charge in [0.2, 0.25) is 0 Å². The molecule has 2 N–H and O–H groups in total. The normalized spacial score (nSPS) is 11.2. The number of hydrogen-bond acceptors (Lipinski definition) is 4. The largest absolute Gasteiger partial charge is 0.456 e. The Kier molecular flexibility index (Phi) is 8.51. The van der Waals surface area contributed by atoms with E-state index in [4.69, 9.17) is 27.9 Å². The Hall–Kier alpha value is -3.66. The first kappa shape index (κ1) is 27.4. The van der Waals surface area contributed by atoms with Crippen LogP contribution in [0, 0.1) is 11.6 Å². The van der Waals surface area contributed by atoms with Crippen LogP contribution in [0.25, 0.3) is 0 Å². The van der Waals surface area contributed by atoms with Crippen molar-refractivity contribution in [3.05, 3.63) is 118 Å². The van der Waals surface area contributed by atoms with Gasteiger partial charge >= 0.3 is 0 Å². The fourth-order valence-electron chi connectivity index (χ4n) is 3.51. The Balaban J connectivity index is 1.46. The first-order valence-corrected chi connectivity index (χ1v) is 13.4. The number of carbonyl (C=O) groups excluding carboxylic acids is 1. The summed E-state index contributed by atoms with van der Waals surface area (Å²) in [6.45, 7) is 0.0489. The molecular formula is C27H20Cl2F2N2O4S. The number of carbonyl (C=O) groups is 1. The van der Waals surface area contributed by atoms with Crippen LogP contribution in [-0.2, 0) is 16.4 Å². The van der Waals surface area contributed by atoms with Gasteiger partial charge in [0.05, 0.1) is 21.2 Å². The van der Waals surface area contributed by atoms with Crippen LogP contribution in [0.1, 0.15) is 15.9 Å². The summed E-state index contributed by atoms with van der Waals surface area (Å²) in [4.78, 5) is 12.8. The number of para-hydroxylation sites is 1. The van der Waals surface area contributed by atoms with E-state index >= 15 is 0 Å². The molecule has 4 aromatic carbocycles. The molecule has 11 heteroatoms. The first-order chi connectivity index (χ1) is 18.1. The van der Waals surface area contributed by atoms with Crippen LogP contribution in [0.3, 0.4) is 0 Å². The molecule has 4 rings (SSSR count). The van der Waals surface area contributed by atoms with Gasteiger partial charge in [-0.15, -0.1) is 0 Å². The molecule has 0 atom stereocenters. The lowest BCUT2D eigenvalue weighted by atomic mass is 10.1.